The van der Waals surface area contributed by atoms with Crippen LogP contribution in [0.3, 0.4) is 0 Å². The number of hydrazine groups is 1. The van der Waals surface area contributed by atoms with Crippen LogP contribution >= 0.6 is 11.3 Å². The topological polar surface area (TPSA) is 80.0 Å². The number of thiophene rings is 1. The van der Waals surface area contributed by atoms with Gasteiger partial charge in [-0.15, -0.1) is 11.3 Å². The molecule has 0 saturated heterocycles. The summed E-state index contributed by atoms with van der Waals surface area (Å²) in [6.45, 7) is 4.68. The molecule has 0 aliphatic heterocycles. The predicted molar refractivity (Wildman–Crippen MR) is 77.0 cm³/mol. The van der Waals surface area contributed by atoms with E-state index >= 15 is 0 Å². The summed E-state index contributed by atoms with van der Waals surface area (Å²) >= 11 is 1.70. The van der Waals surface area contributed by atoms with Gasteiger partial charge in [0.15, 0.2) is 0 Å². The third-order valence-corrected chi connectivity index (χ3v) is 3.96. The van der Waals surface area contributed by atoms with E-state index in [9.17, 15) is 4.79 Å². The highest BCUT2D eigenvalue weighted by Gasteiger charge is 2.08. The molecule has 19 heavy (non-hydrogen) atoms. The van der Waals surface area contributed by atoms with Crippen molar-refractivity contribution in [3.05, 3.63) is 45.3 Å². The molecule has 0 aromatic carbocycles. The molecular weight excluding hydrogens is 260 g/mol. The molecule has 2 aromatic rings. The van der Waals surface area contributed by atoms with E-state index in [1.165, 1.54) is 10.4 Å². The number of rotatable bonds is 4. The third-order valence-electron chi connectivity index (χ3n) is 2.81. The minimum Gasteiger partial charge on any atom is -0.347 e. The Morgan fingerprint density at radius 3 is 2.84 bits per heavy atom. The van der Waals surface area contributed by atoms with Crippen LogP contribution in [0, 0.1) is 13.8 Å². The van der Waals surface area contributed by atoms with Gasteiger partial charge in [-0.25, -0.2) is 10.8 Å². The molecule has 0 saturated carbocycles. The molecule has 2 rings (SSSR count). The second-order valence-electron chi connectivity index (χ2n) is 4.21. The second kappa shape index (κ2) is 5.81. The number of nitrogens with zero attached hydrogens (tertiary/aromatic N) is 1. The number of carbonyl (C=O) groups is 1. The number of carbonyl (C=O) groups excluding carboxylic acids is 1. The van der Waals surface area contributed by atoms with Gasteiger partial charge in [-0.05, 0) is 37.6 Å². The summed E-state index contributed by atoms with van der Waals surface area (Å²) in [5, 5.41) is 2.88. The lowest BCUT2D eigenvalue weighted by molar-refractivity contribution is 0.0951. The average molecular weight is 276 g/mol. The fourth-order valence-corrected chi connectivity index (χ4v) is 2.65. The molecule has 0 aliphatic rings. The van der Waals surface area contributed by atoms with E-state index in [2.05, 4.69) is 35.6 Å². The van der Waals surface area contributed by atoms with Crippen LogP contribution in [0.1, 0.15) is 25.7 Å². The van der Waals surface area contributed by atoms with Crippen LogP contribution in [0.15, 0.2) is 24.4 Å². The summed E-state index contributed by atoms with van der Waals surface area (Å²) in [6.07, 6.45) is 1.55. The second-order valence-corrected chi connectivity index (χ2v) is 5.55. The Bertz CT molecular complexity index is 575. The first-order chi connectivity index (χ1) is 9.10. The standard InChI is InChI=1S/C13H16N4OS/c1-8-5-11(19-9(8)2)7-16-13(18)10-3-4-15-12(6-10)17-14/h3-6H,7,14H2,1-2H3,(H,15,17)(H,16,18). The first kappa shape index (κ1) is 13.5. The maximum Gasteiger partial charge on any atom is 0.251 e. The number of nitrogen functional groups attached to an aromatic ring is 1. The third kappa shape index (κ3) is 3.30. The molecule has 6 heteroatoms. The molecule has 0 bridgehead atoms. The van der Waals surface area contributed by atoms with E-state index in [1.54, 1.807) is 29.7 Å². The Balaban J connectivity index is 2.00. The van der Waals surface area contributed by atoms with E-state index in [-0.39, 0.29) is 5.91 Å². The lowest BCUT2D eigenvalue weighted by Crippen LogP contribution is -2.22. The molecule has 2 aromatic heterocycles. The highest BCUT2D eigenvalue weighted by Crippen LogP contribution is 2.20. The van der Waals surface area contributed by atoms with Gasteiger partial charge in [-0.3, -0.25) is 4.79 Å². The minimum atomic E-state index is -0.136. The van der Waals surface area contributed by atoms with Gasteiger partial charge in [0.05, 0.1) is 6.54 Å². The molecule has 0 fully saturated rings. The molecule has 2 heterocycles. The summed E-state index contributed by atoms with van der Waals surface area (Å²) in [4.78, 5) is 18.4. The number of amides is 1. The van der Waals surface area contributed by atoms with E-state index in [4.69, 9.17) is 5.84 Å². The highest BCUT2D eigenvalue weighted by molar-refractivity contribution is 7.12. The van der Waals surface area contributed by atoms with Crippen molar-refractivity contribution in [1.29, 1.82) is 0 Å². The quantitative estimate of drug-likeness (QED) is 0.589. The molecule has 5 nitrogen and oxygen atoms in total. The van der Waals surface area contributed by atoms with Crippen LogP contribution < -0.4 is 16.6 Å². The first-order valence-electron chi connectivity index (χ1n) is 5.87. The van der Waals surface area contributed by atoms with Crippen molar-refractivity contribution in [3.8, 4) is 0 Å². The van der Waals surface area contributed by atoms with E-state index in [0.29, 0.717) is 17.9 Å². The number of aryl methyl sites for hydroxylation is 2. The molecule has 1 amide bonds. The number of nitrogens with one attached hydrogen (secondary N) is 2. The summed E-state index contributed by atoms with van der Waals surface area (Å²) in [5.41, 5.74) is 4.21. The normalized spacial score (nSPS) is 10.3. The summed E-state index contributed by atoms with van der Waals surface area (Å²) in [6, 6.07) is 5.36. The average Bonchev–Trinajstić information content (AvgIpc) is 2.75. The summed E-state index contributed by atoms with van der Waals surface area (Å²) in [5.74, 6) is 5.59. The minimum absolute atomic E-state index is 0.136. The number of pyridine rings is 1. The van der Waals surface area contributed by atoms with Crippen molar-refractivity contribution in [3.63, 3.8) is 0 Å². The smallest absolute Gasteiger partial charge is 0.251 e. The van der Waals surface area contributed by atoms with E-state index in [0.717, 1.165) is 4.88 Å². The Kier molecular flexibility index (Phi) is 4.13. The maximum atomic E-state index is 12.0. The molecule has 100 valence electrons. The van der Waals surface area contributed by atoms with Crippen LogP contribution in [0.25, 0.3) is 0 Å². The molecular formula is C13H16N4OS. The zero-order valence-corrected chi connectivity index (χ0v) is 11.7. The van der Waals surface area contributed by atoms with Gasteiger partial charge in [-0.2, -0.15) is 0 Å². The van der Waals surface area contributed by atoms with Crippen molar-refractivity contribution in [1.82, 2.24) is 10.3 Å². The van der Waals surface area contributed by atoms with Crippen molar-refractivity contribution in [2.24, 2.45) is 5.84 Å². The molecule has 0 spiro atoms. The maximum absolute atomic E-state index is 12.0. The Morgan fingerprint density at radius 1 is 1.42 bits per heavy atom. The number of aromatic nitrogens is 1. The molecule has 0 atom stereocenters. The van der Waals surface area contributed by atoms with Gasteiger partial charge >= 0.3 is 0 Å². The van der Waals surface area contributed by atoms with Gasteiger partial charge in [0.25, 0.3) is 5.91 Å². The Hall–Kier alpha value is -1.92. The fraction of sp³-hybridized carbons (Fsp3) is 0.231. The number of nitrogens with two attached hydrogens (primary N) is 1. The van der Waals surface area contributed by atoms with Crippen LogP contribution in [0.5, 0.6) is 0 Å². The number of hydrogen-bond donors (Lipinski definition) is 3. The van der Waals surface area contributed by atoms with Gasteiger partial charge in [-0.1, -0.05) is 0 Å². The van der Waals surface area contributed by atoms with Crippen molar-refractivity contribution in [2.45, 2.75) is 20.4 Å². The van der Waals surface area contributed by atoms with Crippen LogP contribution in [0.4, 0.5) is 5.82 Å². The van der Waals surface area contributed by atoms with Gasteiger partial charge < -0.3 is 10.7 Å². The lowest BCUT2D eigenvalue weighted by atomic mass is 10.2. The predicted octanol–water partition coefficient (Wildman–Crippen LogP) is 1.98. The molecule has 0 unspecified atom stereocenters. The van der Waals surface area contributed by atoms with Gasteiger partial charge in [0.1, 0.15) is 5.82 Å². The Labute approximate surface area is 115 Å². The molecule has 4 N–H and O–H groups in total. The zero-order chi connectivity index (χ0) is 13.8. The monoisotopic (exact) mass is 276 g/mol. The van der Waals surface area contributed by atoms with Crippen molar-refractivity contribution >= 4 is 23.1 Å². The van der Waals surface area contributed by atoms with E-state index < -0.39 is 0 Å². The first-order valence-corrected chi connectivity index (χ1v) is 6.68. The summed E-state index contributed by atoms with van der Waals surface area (Å²) < 4.78 is 0. The number of hydrogen-bond acceptors (Lipinski definition) is 5. The number of anilines is 1. The lowest BCUT2D eigenvalue weighted by Gasteiger charge is -2.05. The zero-order valence-electron chi connectivity index (χ0n) is 10.9. The van der Waals surface area contributed by atoms with Crippen molar-refractivity contribution in [2.75, 3.05) is 5.43 Å². The van der Waals surface area contributed by atoms with E-state index in [1.807, 2.05) is 0 Å². The Morgan fingerprint density at radius 2 is 2.21 bits per heavy atom. The van der Waals surface area contributed by atoms with Crippen molar-refractivity contribution < 1.29 is 4.79 Å². The van der Waals surface area contributed by atoms with Gasteiger partial charge in [0, 0.05) is 21.5 Å². The molecule has 0 radical (unpaired) electrons. The van der Waals surface area contributed by atoms with Crippen LogP contribution in [-0.2, 0) is 6.54 Å². The van der Waals surface area contributed by atoms with Crippen LogP contribution in [-0.4, -0.2) is 10.9 Å². The SMILES string of the molecule is Cc1cc(CNC(=O)c2ccnc(NN)c2)sc1C. The molecule has 0 aliphatic carbocycles. The summed E-state index contributed by atoms with van der Waals surface area (Å²) in [7, 11) is 0. The fourth-order valence-electron chi connectivity index (χ4n) is 1.66. The van der Waals surface area contributed by atoms with Gasteiger partial charge in [0.2, 0.25) is 0 Å². The largest absolute Gasteiger partial charge is 0.347 e. The van der Waals surface area contributed by atoms with Crippen LogP contribution in [0.2, 0.25) is 0 Å². The highest BCUT2D eigenvalue weighted by atomic mass is 32.1.